The summed E-state index contributed by atoms with van der Waals surface area (Å²) in [4.78, 5) is 0. The number of sulfonamides is 1. The molecule has 0 atom stereocenters. The molecule has 0 saturated carbocycles. The molecule has 0 heterocycles. The Morgan fingerprint density at radius 2 is 2.00 bits per heavy atom. The number of rotatable bonds is 5. The number of hydrogen-bond acceptors (Lipinski definition) is 3. The minimum absolute atomic E-state index is 0.409. The lowest BCUT2D eigenvalue weighted by atomic mass is 10.2. The van der Waals surface area contributed by atoms with Gasteiger partial charge < -0.3 is 5.32 Å². The van der Waals surface area contributed by atoms with Crippen LogP contribution in [0.25, 0.3) is 0 Å². The summed E-state index contributed by atoms with van der Waals surface area (Å²) < 4.78 is 24.1. The van der Waals surface area contributed by atoms with Crippen molar-refractivity contribution in [2.75, 3.05) is 17.6 Å². The summed E-state index contributed by atoms with van der Waals surface area (Å²) in [6.07, 6.45) is 1.20. The Balaban J connectivity index is 2.86. The zero-order valence-electron chi connectivity index (χ0n) is 10.8. The second-order valence-corrected chi connectivity index (χ2v) is 6.45. The average molecular weight is 256 g/mol. The van der Waals surface area contributed by atoms with E-state index in [1.807, 2.05) is 18.2 Å². The Morgan fingerprint density at radius 3 is 2.53 bits per heavy atom. The second kappa shape index (κ2) is 5.51. The summed E-state index contributed by atoms with van der Waals surface area (Å²) in [6, 6.07) is 7.94. The smallest absolute Gasteiger partial charge is 0.231 e. The van der Waals surface area contributed by atoms with Gasteiger partial charge in [0.05, 0.1) is 11.9 Å². The molecule has 17 heavy (non-hydrogen) atoms. The highest BCUT2D eigenvalue weighted by Crippen LogP contribution is 2.17. The Kier molecular flexibility index (Phi) is 4.54. The van der Waals surface area contributed by atoms with E-state index >= 15 is 0 Å². The van der Waals surface area contributed by atoms with Gasteiger partial charge in [-0.25, -0.2) is 8.42 Å². The summed E-state index contributed by atoms with van der Waals surface area (Å²) >= 11 is 0. The monoisotopic (exact) mass is 256 g/mol. The van der Waals surface area contributed by atoms with E-state index in [1.165, 1.54) is 10.6 Å². The van der Waals surface area contributed by atoms with Crippen molar-refractivity contribution in [3.8, 4) is 0 Å². The average Bonchev–Trinajstić information content (AvgIpc) is 2.24. The molecule has 1 aromatic carbocycles. The molecule has 0 fully saturated rings. The zero-order chi connectivity index (χ0) is 13.1. The Morgan fingerprint density at radius 1 is 1.35 bits per heavy atom. The van der Waals surface area contributed by atoms with Gasteiger partial charge in [-0.05, 0) is 17.7 Å². The van der Waals surface area contributed by atoms with E-state index in [0.29, 0.717) is 11.7 Å². The van der Waals surface area contributed by atoms with Gasteiger partial charge in [0.15, 0.2) is 0 Å². The number of nitrogens with one attached hydrogen (secondary N) is 1. The first-order valence-corrected chi connectivity index (χ1v) is 7.42. The molecule has 0 amide bonds. The van der Waals surface area contributed by atoms with Gasteiger partial charge in [0.2, 0.25) is 10.0 Å². The number of hydrogen-bond donors (Lipinski definition) is 1. The Hall–Kier alpha value is -1.07. The molecule has 5 heteroatoms. The summed E-state index contributed by atoms with van der Waals surface area (Å²) in [5.41, 5.74) is 1.77. The van der Waals surface area contributed by atoms with Crippen molar-refractivity contribution in [2.45, 2.75) is 26.4 Å². The fraction of sp³-hybridized carbons (Fsp3) is 0.500. The van der Waals surface area contributed by atoms with Crippen LogP contribution in [0.15, 0.2) is 24.3 Å². The van der Waals surface area contributed by atoms with Gasteiger partial charge in [0.1, 0.15) is 0 Å². The molecule has 96 valence electrons. The molecule has 0 radical (unpaired) electrons. The van der Waals surface area contributed by atoms with Gasteiger partial charge in [-0.1, -0.05) is 26.0 Å². The van der Waals surface area contributed by atoms with Gasteiger partial charge in [-0.15, -0.1) is 0 Å². The first kappa shape index (κ1) is 14.0. The van der Waals surface area contributed by atoms with E-state index in [2.05, 4.69) is 19.2 Å². The Labute approximate surface area is 104 Å². The molecule has 1 aromatic rings. The number of nitrogens with zero attached hydrogens (tertiary/aromatic N) is 1. The van der Waals surface area contributed by atoms with E-state index in [0.717, 1.165) is 12.1 Å². The summed E-state index contributed by atoms with van der Waals surface area (Å²) in [6.45, 7) is 4.89. The fourth-order valence-corrected chi connectivity index (χ4v) is 1.87. The highest BCUT2D eigenvalue weighted by atomic mass is 32.2. The Bertz CT molecular complexity index is 469. The molecular weight excluding hydrogens is 236 g/mol. The lowest BCUT2D eigenvalue weighted by Crippen LogP contribution is -2.25. The molecule has 4 nitrogen and oxygen atoms in total. The molecule has 0 aliphatic rings. The normalized spacial score (nSPS) is 11.8. The molecule has 0 saturated heterocycles. The van der Waals surface area contributed by atoms with E-state index in [1.54, 1.807) is 13.1 Å². The summed E-state index contributed by atoms with van der Waals surface area (Å²) in [7, 11) is -1.63. The minimum Gasteiger partial charge on any atom is -0.310 e. The van der Waals surface area contributed by atoms with E-state index in [9.17, 15) is 8.42 Å². The predicted molar refractivity (Wildman–Crippen MR) is 71.7 cm³/mol. The molecule has 0 aromatic heterocycles. The maximum absolute atomic E-state index is 11.4. The van der Waals surface area contributed by atoms with Gasteiger partial charge in [-0.3, -0.25) is 4.31 Å². The van der Waals surface area contributed by atoms with Crippen molar-refractivity contribution in [2.24, 2.45) is 0 Å². The summed E-state index contributed by atoms with van der Waals surface area (Å²) in [5.74, 6) is 0. The van der Waals surface area contributed by atoms with Crippen LogP contribution >= 0.6 is 0 Å². The SMILES string of the molecule is CC(C)NCc1cccc(N(C)S(C)(=O)=O)c1. The largest absolute Gasteiger partial charge is 0.310 e. The third-order valence-corrected chi connectivity index (χ3v) is 3.69. The third kappa shape index (κ3) is 4.36. The van der Waals surface area contributed by atoms with Crippen LogP contribution in [0.4, 0.5) is 5.69 Å². The summed E-state index contributed by atoms with van der Waals surface area (Å²) in [5, 5.41) is 3.30. The topological polar surface area (TPSA) is 49.4 Å². The highest BCUT2D eigenvalue weighted by Gasteiger charge is 2.11. The maximum Gasteiger partial charge on any atom is 0.231 e. The van der Waals surface area contributed by atoms with Crippen LogP contribution < -0.4 is 9.62 Å². The molecule has 0 unspecified atom stereocenters. The first-order valence-electron chi connectivity index (χ1n) is 5.57. The molecule has 1 rings (SSSR count). The van der Waals surface area contributed by atoms with Crippen molar-refractivity contribution >= 4 is 15.7 Å². The molecular formula is C12H20N2O2S. The van der Waals surface area contributed by atoms with Crippen molar-refractivity contribution in [3.05, 3.63) is 29.8 Å². The number of benzene rings is 1. The molecule has 0 spiro atoms. The van der Waals surface area contributed by atoms with Crippen LogP contribution in [0.3, 0.4) is 0 Å². The van der Waals surface area contributed by atoms with Gasteiger partial charge in [0.25, 0.3) is 0 Å². The quantitative estimate of drug-likeness (QED) is 0.870. The standard InChI is InChI=1S/C12H20N2O2S/c1-10(2)13-9-11-6-5-7-12(8-11)14(3)17(4,15)16/h5-8,10,13H,9H2,1-4H3. The zero-order valence-corrected chi connectivity index (χ0v) is 11.6. The van der Waals surface area contributed by atoms with Crippen molar-refractivity contribution in [1.82, 2.24) is 5.32 Å². The number of anilines is 1. The first-order chi connectivity index (χ1) is 7.80. The highest BCUT2D eigenvalue weighted by molar-refractivity contribution is 7.92. The molecule has 0 aliphatic heterocycles. The van der Waals surface area contributed by atoms with Crippen LogP contribution in [-0.4, -0.2) is 27.8 Å². The second-order valence-electron chi connectivity index (χ2n) is 4.44. The van der Waals surface area contributed by atoms with Gasteiger partial charge in [0, 0.05) is 19.6 Å². The lowest BCUT2D eigenvalue weighted by molar-refractivity contribution is 0.588. The maximum atomic E-state index is 11.4. The van der Waals surface area contributed by atoms with Crippen LogP contribution in [0.1, 0.15) is 19.4 Å². The fourth-order valence-electron chi connectivity index (χ4n) is 1.38. The van der Waals surface area contributed by atoms with E-state index < -0.39 is 10.0 Å². The molecule has 0 aliphatic carbocycles. The van der Waals surface area contributed by atoms with E-state index in [4.69, 9.17) is 0 Å². The van der Waals surface area contributed by atoms with Crippen molar-refractivity contribution in [3.63, 3.8) is 0 Å². The van der Waals surface area contributed by atoms with Crippen LogP contribution in [0, 0.1) is 0 Å². The van der Waals surface area contributed by atoms with Crippen LogP contribution in [0.2, 0.25) is 0 Å². The van der Waals surface area contributed by atoms with E-state index in [-0.39, 0.29) is 0 Å². The minimum atomic E-state index is -3.19. The predicted octanol–water partition coefficient (Wildman–Crippen LogP) is 1.58. The molecule has 1 N–H and O–H groups in total. The van der Waals surface area contributed by atoms with Crippen molar-refractivity contribution < 1.29 is 8.42 Å². The third-order valence-electron chi connectivity index (χ3n) is 2.49. The van der Waals surface area contributed by atoms with Crippen LogP contribution in [-0.2, 0) is 16.6 Å². The lowest BCUT2D eigenvalue weighted by Gasteiger charge is -2.17. The molecule has 0 bridgehead atoms. The van der Waals surface area contributed by atoms with Crippen molar-refractivity contribution in [1.29, 1.82) is 0 Å². The van der Waals surface area contributed by atoms with Gasteiger partial charge >= 0.3 is 0 Å². The van der Waals surface area contributed by atoms with Crippen LogP contribution in [0.5, 0.6) is 0 Å². The van der Waals surface area contributed by atoms with Gasteiger partial charge in [-0.2, -0.15) is 0 Å².